The lowest BCUT2D eigenvalue weighted by atomic mass is 10.2. The third-order valence-electron chi connectivity index (χ3n) is 2.52. The summed E-state index contributed by atoms with van der Waals surface area (Å²) in [5.74, 6) is 0.342. The van der Waals surface area contributed by atoms with E-state index in [0.29, 0.717) is 31.9 Å². The van der Waals surface area contributed by atoms with Gasteiger partial charge in [0, 0.05) is 6.54 Å². The second-order valence-electron chi connectivity index (χ2n) is 4.66. The Bertz CT molecular complexity index is 424. The molecule has 0 aliphatic carbocycles. The van der Waals surface area contributed by atoms with Crippen LogP contribution < -0.4 is 10.0 Å². The fraction of sp³-hybridized carbons (Fsp3) is 0.769. The van der Waals surface area contributed by atoms with E-state index in [2.05, 4.69) is 16.6 Å². The largest absolute Gasteiger partial charge is 0.375 e. The van der Waals surface area contributed by atoms with Crippen LogP contribution in [0, 0.1) is 0 Å². The molecular formula is C13H26N2O4S2. The molecule has 0 aromatic heterocycles. The second kappa shape index (κ2) is 11.1. The molecule has 1 unspecified atom stereocenters. The third kappa shape index (κ3) is 10.8. The first kappa shape index (κ1) is 20.4. The van der Waals surface area contributed by atoms with Gasteiger partial charge in [0.2, 0.25) is 15.9 Å². The van der Waals surface area contributed by atoms with Crippen molar-refractivity contribution < 1.29 is 17.9 Å². The van der Waals surface area contributed by atoms with E-state index in [1.807, 2.05) is 13.2 Å². The number of hydrogen-bond donors (Lipinski definition) is 2. The smallest absolute Gasteiger partial charge is 0.238 e. The molecule has 21 heavy (non-hydrogen) atoms. The first-order valence-electron chi connectivity index (χ1n) is 6.81. The molecule has 0 fully saturated rings. The fourth-order valence-corrected chi connectivity index (χ4v) is 2.69. The van der Waals surface area contributed by atoms with Gasteiger partial charge in [0.1, 0.15) is 6.04 Å². The lowest BCUT2D eigenvalue weighted by molar-refractivity contribution is -0.123. The van der Waals surface area contributed by atoms with Crippen LogP contribution in [0.5, 0.6) is 0 Å². The zero-order chi connectivity index (χ0) is 16.3. The number of ether oxygens (including phenoxy) is 1. The van der Waals surface area contributed by atoms with Gasteiger partial charge in [0.15, 0.2) is 0 Å². The Morgan fingerprint density at radius 2 is 2.10 bits per heavy atom. The van der Waals surface area contributed by atoms with Gasteiger partial charge in [-0.05, 0) is 32.3 Å². The van der Waals surface area contributed by atoms with Crippen LogP contribution in [0.15, 0.2) is 12.2 Å². The van der Waals surface area contributed by atoms with Gasteiger partial charge in [0.25, 0.3) is 0 Å². The molecule has 0 aliphatic heterocycles. The average Bonchev–Trinajstić information content (AvgIpc) is 2.42. The predicted octanol–water partition coefficient (Wildman–Crippen LogP) is 0.756. The van der Waals surface area contributed by atoms with E-state index in [1.54, 1.807) is 11.8 Å². The van der Waals surface area contributed by atoms with Crippen LogP contribution in [-0.2, 0) is 19.6 Å². The van der Waals surface area contributed by atoms with Crippen LogP contribution in [0.3, 0.4) is 0 Å². The van der Waals surface area contributed by atoms with E-state index >= 15 is 0 Å². The van der Waals surface area contributed by atoms with E-state index in [9.17, 15) is 13.2 Å². The lowest BCUT2D eigenvalue weighted by Crippen LogP contribution is -2.48. The highest BCUT2D eigenvalue weighted by Crippen LogP contribution is 2.03. The number of rotatable bonds is 12. The molecule has 0 heterocycles. The molecule has 0 aromatic carbocycles. The van der Waals surface area contributed by atoms with Crippen molar-refractivity contribution in [3.8, 4) is 0 Å². The molecule has 0 saturated carbocycles. The Balaban J connectivity index is 4.28. The third-order valence-corrected chi connectivity index (χ3v) is 4.57. The monoisotopic (exact) mass is 338 g/mol. The predicted molar refractivity (Wildman–Crippen MR) is 88.0 cm³/mol. The number of sulfonamides is 1. The molecule has 0 aliphatic rings. The van der Waals surface area contributed by atoms with Crippen molar-refractivity contribution in [3.63, 3.8) is 0 Å². The van der Waals surface area contributed by atoms with E-state index in [1.165, 1.54) is 6.92 Å². The fourth-order valence-electron chi connectivity index (χ4n) is 1.40. The number of amides is 1. The average molecular weight is 338 g/mol. The van der Waals surface area contributed by atoms with Crippen LogP contribution in [0.4, 0.5) is 0 Å². The minimum Gasteiger partial charge on any atom is -0.375 e. The summed E-state index contributed by atoms with van der Waals surface area (Å²) in [5, 5.41) is 2.68. The Morgan fingerprint density at radius 1 is 1.43 bits per heavy atom. The van der Waals surface area contributed by atoms with Crippen LogP contribution in [0.25, 0.3) is 0 Å². The van der Waals surface area contributed by atoms with Gasteiger partial charge < -0.3 is 10.1 Å². The molecular weight excluding hydrogens is 312 g/mol. The number of nitrogens with one attached hydrogen (secondary N) is 2. The van der Waals surface area contributed by atoms with Crippen molar-refractivity contribution in [2.75, 3.05) is 37.5 Å². The molecule has 0 spiro atoms. The van der Waals surface area contributed by atoms with E-state index in [-0.39, 0.29) is 11.7 Å². The van der Waals surface area contributed by atoms with Crippen molar-refractivity contribution in [1.82, 2.24) is 10.0 Å². The van der Waals surface area contributed by atoms with Crippen LogP contribution >= 0.6 is 11.8 Å². The minimum atomic E-state index is -3.40. The van der Waals surface area contributed by atoms with Crippen molar-refractivity contribution in [2.45, 2.75) is 26.3 Å². The van der Waals surface area contributed by atoms with Gasteiger partial charge in [-0.3, -0.25) is 4.79 Å². The summed E-state index contributed by atoms with van der Waals surface area (Å²) in [7, 11) is -3.40. The molecule has 1 amide bonds. The van der Waals surface area contributed by atoms with Crippen molar-refractivity contribution in [1.29, 1.82) is 0 Å². The maximum absolute atomic E-state index is 12.0. The van der Waals surface area contributed by atoms with Gasteiger partial charge in [-0.1, -0.05) is 12.2 Å². The number of carbonyl (C=O) groups is 1. The van der Waals surface area contributed by atoms with E-state index in [4.69, 9.17) is 4.74 Å². The number of carbonyl (C=O) groups excluding carboxylic acids is 1. The van der Waals surface area contributed by atoms with Crippen molar-refractivity contribution in [2.24, 2.45) is 0 Å². The molecule has 0 rings (SSSR count). The first-order chi connectivity index (χ1) is 9.82. The molecule has 124 valence electrons. The lowest BCUT2D eigenvalue weighted by Gasteiger charge is -2.17. The molecule has 0 aromatic rings. The van der Waals surface area contributed by atoms with Gasteiger partial charge >= 0.3 is 0 Å². The molecule has 1 atom stereocenters. The van der Waals surface area contributed by atoms with Crippen LogP contribution in [0.1, 0.15) is 20.3 Å². The molecule has 2 N–H and O–H groups in total. The SMILES string of the molecule is C=C(C)COCCNC(=O)C(CCSC)NS(=O)(=O)CC. The molecule has 0 bridgehead atoms. The van der Waals surface area contributed by atoms with Gasteiger partial charge in [0.05, 0.1) is 19.0 Å². The van der Waals surface area contributed by atoms with Crippen molar-refractivity contribution in [3.05, 3.63) is 12.2 Å². The van der Waals surface area contributed by atoms with E-state index in [0.717, 1.165) is 5.57 Å². The Morgan fingerprint density at radius 3 is 2.62 bits per heavy atom. The summed E-state index contributed by atoms with van der Waals surface area (Å²) in [6.45, 7) is 8.27. The summed E-state index contributed by atoms with van der Waals surface area (Å²) < 4.78 is 30.9. The first-order valence-corrected chi connectivity index (χ1v) is 9.85. The standard InChI is InChI=1S/C13H26N2O4S2/c1-5-21(17,18)15-12(6-9-20-4)13(16)14-7-8-19-10-11(2)3/h12,15H,2,5-10H2,1,3-4H3,(H,14,16). The Kier molecular flexibility index (Phi) is 10.8. The molecule has 0 saturated heterocycles. The van der Waals surface area contributed by atoms with Crippen LogP contribution in [0.2, 0.25) is 0 Å². The summed E-state index contributed by atoms with van der Waals surface area (Å²) in [6.07, 6.45) is 2.37. The maximum atomic E-state index is 12.0. The zero-order valence-electron chi connectivity index (χ0n) is 13.0. The zero-order valence-corrected chi connectivity index (χ0v) is 14.6. The molecule has 0 radical (unpaired) electrons. The quantitative estimate of drug-likeness (QED) is 0.405. The topological polar surface area (TPSA) is 84.5 Å². The Labute approximate surface area is 132 Å². The van der Waals surface area contributed by atoms with E-state index < -0.39 is 16.1 Å². The molecule has 6 nitrogen and oxygen atoms in total. The summed E-state index contributed by atoms with van der Waals surface area (Å²) >= 11 is 1.57. The van der Waals surface area contributed by atoms with Gasteiger partial charge in [-0.15, -0.1) is 0 Å². The van der Waals surface area contributed by atoms with Crippen molar-refractivity contribution >= 4 is 27.7 Å². The number of hydrogen-bond acceptors (Lipinski definition) is 5. The highest BCUT2D eigenvalue weighted by Gasteiger charge is 2.22. The molecule has 8 heteroatoms. The highest BCUT2D eigenvalue weighted by atomic mass is 32.2. The summed E-state index contributed by atoms with van der Waals surface area (Å²) in [5.41, 5.74) is 0.912. The summed E-state index contributed by atoms with van der Waals surface area (Å²) in [6, 6.07) is -0.733. The minimum absolute atomic E-state index is 0.0439. The van der Waals surface area contributed by atoms with Gasteiger partial charge in [-0.25, -0.2) is 13.1 Å². The van der Waals surface area contributed by atoms with Crippen LogP contribution in [-0.4, -0.2) is 57.9 Å². The van der Waals surface area contributed by atoms with Gasteiger partial charge in [-0.2, -0.15) is 11.8 Å². The number of thioether (sulfide) groups is 1. The Hall–Kier alpha value is -0.570. The highest BCUT2D eigenvalue weighted by molar-refractivity contribution is 7.98. The second-order valence-corrected chi connectivity index (χ2v) is 7.68. The summed E-state index contributed by atoms with van der Waals surface area (Å²) in [4.78, 5) is 12.0. The normalized spacial score (nSPS) is 12.9. The maximum Gasteiger partial charge on any atom is 0.238 e.